The molecule has 0 saturated heterocycles. The molecule has 0 fully saturated rings. The third kappa shape index (κ3) is 5.01. The van der Waals surface area contributed by atoms with Crippen molar-refractivity contribution in [3.8, 4) is 5.75 Å². The van der Waals surface area contributed by atoms with Gasteiger partial charge in [-0.15, -0.1) is 0 Å². The SMILES string of the molecule is CCOc1ccccc1CNC(=NC)NCc1cc(C(C)C)no1. The van der Waals surface area contributed by atoms with Crippen LogP contribution in [0.3, 0.4) is 0 Å². The van der Waals surface area contributed by atoms with Crippen LogP contribution < -0.4 is 15.4 Å². The van der Waals surface area contributed by atoms with Gasteiger partial charge in [0.15, 0.2) is 11.7 Å². The first kappa shape index (κ1) is 17.8. The summed E-state index contributed by atoms with van der Waals surface area (Å²) in [6.07, 6.45) is 0. The summed E-state index contributed by atoms with van der Waals surface area (Å²) in [5, 5.41) is 10.6. The molecule has 0 aliphatic rings. The molecule has 0 atom stereocenters. The lowest BCUT2D eigenvalue weighted by Gasteiger charge is -2.13. The Morgan fingerprint density at radius 2 is 2.00 bits per heavy atom. The monoisotopic (exact) mass is 330 g/mol. The van der Waals surface area contributed by atoms with Crippen LogP contribution in [0.25, 0.3) is 0 Å². The van der Waals surface area contributed by atoms with Crippen molar-refractivity contribution in [2.45, 2.75) is 39.8 Å². The van der Waals surface area contributed by atoms with E-state index in [2.05, 4.69) is 34.6 Å². The number of nitrogens with zero attached hydrogens (tertiary/aromatic N) is 2. The Balaban J connectivity index is 1.88. The minimum Gasteiger partial charge on any atom is -0.494 e. The van der Waals surface area contributed by atoms with Crippen molar-refractivity contribution >= 4 is 5.96 Å². The zero-order chi connectivity index (χ0) is 17.4. The van der Waals surface area contributed by atoms with Crippen molar-refractivity contribution in [2.75, 3.05) is 13.7 Å². The Kier molecular flexibility index (Phi) is 6.66. The van der Waals surface area contributed by atoms with Crippen LogP contribution in [-0.4, -0.2) is 24.8 Å². The molecule has 0 radical (unpaired) electrons. The molecule has 0 unspecified atom stereocenters. The van der Waals surface area contributed by atoms with E-state index in [0.29, 0.717) is 31.6 Å². The summed E-state index contributed by atoms with van der Waals surface area (Å²) in [6.45, 7) is 7.97. The summed E-state index contributed by atoms with van der Waals surface area (Å²) in [5.74, 6) is 2.73. The van der Waals surface area contributed by atoms with Gasteiger partial charge in [-0.1, -0.05) is 37.2 Å². The van der Waals surface area contributed by atoms with Crippen molar-refractivity contribution in [1.82, 2.24) is 15.8 Å². The van der Waals surface area contributed by atoms with Crippen molar-refractivity contribution < 1.29 is 9.26 Å². The first-order valence-electron chi connectivity index (χ1n) is 8.24. The van der Waals surface area contributed by atoms with Crippen molar-refractivity contribution in [1.29, 1.82) is 0 Å². The minimum atomic E-state index is 0.356. The van der Waals surface area contributed by atoms with Crippen LogP contribution in [0.5, 0.6) is 5.75 Å². The number of nitrogens with one attached hydrogen (secondary N) is 2. The van der Waals surface area contributed by atoms with Gasteiger partial charge in [0.1, 0.15) is 5.75 Å². The first-order chi connectivity index (χ1) is 11.6. The molecule has 0 saturated carbocycles. The number of aromatic nitrogens is 1. The highest BCUT2D eigenvalue weighted by Gasteiger charge is 2.08. The van der Waals surface area contributed by atoms with Crippen molar-refractivity contribution in [2.24, 2.45) is 4.99 Å². The van der Waals surface area contributed by atoms with Crippen LogP contribution in [0.15, 0.2) is 39.8 Å². The number of para-hydroxylation sites is 1. The molecule has 0 aliphatic carbocycles. The summed E-state index contributed by atoms with van der Waals surface area (Å²) >= 11 is 0. The smallest absolute Gasteiger partial charge is 0.191 e. The van der Waals surface area contributed by atoms with E-state index in [0.717, 1.165) is 22.8 Å². The van der Waals surface area contributed by atoms with E-state index in [1.54, 1.807) is 7.05 Å². The fourth-order valence-electron chi connectivity index (χ4n) is 2.20. The van der Waals surface area contributed by atoms with Crippen LogP contribution >= 0.6 is 0 Å². The molecule has 0 bridgehead atoms. The third-order valence-corrected chi connectivity index (χ3v) is 3.54. The van der Waals surface area contributed by atoms with Gasteiger partial charge < -0.3 is 19.9 Å². The van der Waals surface area contributed by atoms with Crippen molar-refractivity contribution in [3.05, 3.63) is 47.3 Å². The van der Waals surface area contributed by atoms with Crippen LogP contribution in [-0.2, 0) is 13.1 Å². The maximum Gasteiger partial charge on any atom is 0.191 e. The molecule has 0 amide bonds. The van der Waals surface area contributed by atoms with E-state index >= 15 is 0 Å². The summed E-state index contributed by atoms with van der Waals surface area (Å²) in [5.41, 5.74) is 2.05. The molecular weight excluding hydrogens is 304 g/mol. The highest BCUT2D eigenvalue weighted by molar-refractivity contribution is 5.79. The molecule has 0 aliphatic heterocycles. The number of rotatable bonds is 7. The topological polar surface area (TPSA) is 71.7 Å². The maximum absolute atomic E-state index is 5.63. The molecule has 1 heterocycles. The van der Waals surface area contributed by atoms with Gasteiger partial charge in [-0.05, 0) is 18.9 Å². The standard InChI is InChI=1S/C18H26N4O2/c1-5-23-17-9-7-6-8-14(17)11-20-18(19-4)21-12-15-10-16(13(2)3)22-24-15/h6-10,13H,5,11-12H2,1-4H3,(H2,19,20,21). The molecule has 6 nitrogen and oxygen atoms in total. The first-order valence-corrected chi connectivity index (χ1v) is 8.24. The van der Waals surface area contributed by atoms with Gasteiger partial charge in [-0.25, -0.2) is 0 Å². The van der Waals surface area contributed by atoms with Gasteiger partial charge in [0.05, 0.1) is 18.8 Å². The summed E-state index contributed by atoms with van der Waals surface area (Å²) in [7, 11) is 1.74. The summed E-state index contributed by atoms with van der Waals surface area (Å²) in [6, 6.07) is 9.94. The van der Waals surface area contributed by atoms with Gasteiger partial charge in [-0.2, -0.15) is 0 Å². The molecule has 24 heavy (non-hydrogen) atoms. The average Bonchev–Trinajstić information content (AvgIpc) is 3.06. The van der Waals surface area contributed by atoms with Gasteiger partial charge in [0.2, 0.25) is 0 Å². The van der Waals surface area contributed by atoms with Crippen molar-refractivity contribution in [3.63, 3.8) is 0 Å². The molecule has 2 N–H and O–H groups in total. The summed E-state index contributed by atoms with van der Waals surface area (Å²) < 4.78 is 11.0. The maximum atomic E-state index is 5.63. The minimum absolute atomic E-state index is 0.356. The molecule has 6 heteroatoms. The number of ether oxygens (including phenoxy) is 1. The second-order valence-corrected chi connectivity index (χ2v) is 5.69. The quantitative estimate of drug-likeness (QED) is 0.603. The number of guanidine groups is 1. The molecule has 2 aromatic rings. The lowest BCUT2D eigenvalue weighted by Crippen LogP contribution is -2.36. The van der Waals surface area contributed by atoms with Crippen LogP contribution in [0.1, 0.15) is 43.7 Å². The number of hydrogen-bond acceptors (Lipinski definition) is 4. The van der Waals surface area contributed by atoms with Crippen LogP contribution in [0.2, 0.25) is 0 Å². The Labute approximate surface area is 143 Å². The third-order valence-electron chi connectivity index (χ3n) is 3.54. The van der Waals surface area contributed by atoms with E-state index < -0.39 is 0 Å². The molecule has 2 rings (SSSR count). The van der Waals surface area contributed by atoms with E-state index in [-0.39, 0.29) is 0 Å². The normalized spacial score (nSPS) is 11.6. The summed E-state index contributed by atoms with van der Waals surface area (Å²) in [4.78, 5) is 4.23. The number of hydrogen-bond donors (Lipinski definition) is 2. The van der Waals surface area contributed by atoms with Gasteiger partial charge in [0, 0.05) is 25.2 Å². The van der Waals surface area contributed by atoms with Gasteiger partial charge in [0.25, 0.3) is 0 Å². The van der Waals surface area contributed by atoms with E-state index in [1.165, 1.54) is 0 Å². The lowest BCUT2D eigenvalue weighted by molar-refractivity contribution is 0.336. The second kappa shape index (κ2) is 8.96. The Morgan fingerprint density at radius 3 is 2.67 bits per heavy atom. The fourth-order valence-corrected chi connectivity index (χ4v) is 2.20. The molecule has 1 aromatic carbocycles. The van der Waals surface area contributed by atoms with Crippen LogP contribution in [0.4, 0.5) is 0 Å². The Morgan fingerprint density at radius 1 is 1.25 bits per heavy atom. The number of benzene rings is 1. The highest BCUT2D eigenvalue weighted by Crippen LogP contribution is 2.17. The second-order valence-electron chi connectivity index (χ2n) is 5.69. The largest absolute Gasteiger partial charge is 0.494 e. The Hall–Kier alpha value is -2.50. The zero-order valence-electron chi connectivity index (χ0n) is 14.8. The molecule has 1 aromatic heterocycles. The van der Waals surface area contributed by atoms with E-state index in [1.807, 2.05) is 37.3 Å². The van der Waals surface area contributed by atoms with Crippen LogP contribution in [0, 0.1) is 0 Å². The van der Waals surface area contributed by atoms with Gasteiger partial charge >= 0.3 is 0 Å². The van der Waals surface area contributed by atoms with E-state index in [9.17, 15) is 0 Å². The number of aliphatic imine (C=N–C) groups is 1. The van der Waals surface area contributed by atoms with E-state index in [4.69, 9.17) is 9.26 Å². The molecular formula is C18H26N4O2. The lowest BCUT2D eigenvalue weighted by atomic mass is 10.1. The Bertz CT molecular complexity index is 665. The fraction of sp³-hybridized carbons (Fsp3) is 0.444. The van der Waals surface area contributed by atoms with Gasteiger partial charge in [-0.3, -0.25) is 4.99 Å². The predicted molar refractivity (Wildman–Crippen MR) is 95.2 cm³/mol. The molecule has 0 spiro atoms. The molecule has 130 valence electrons. The zero-order valence-corrected chi connectivity index (χ0v) is 14.8. The average molecular weight is 330 g/mol. The predicted octanol–water partition coefficient (Wildman–Crippen LogP) is 3.06. The highest BCUT2D eigenvalue weighted by atomic mass is 16.5.